The van der Waals surface area contributed by atoms with Gasteiger partial charge in [0.15, 0.2) is 9.84 Å². The SMILES string of the molecule is CCCS(=O)(=O)c1ccccc1N(C)C(C)CBr. The van der Waals surface area contributed by atoms with E-state index in [1.54, 1.807) is 12.1 Å². The lowest BCUT2D eigenvalue weighted by Gasteiger charge is -2.27. The molecule has 0 N–H and O–H groups in total. The Bertz CT molecular complexity index is 488. The average Bonchev–Trinajstić information content (AvgIpc) is 2.37. The summed E-state index contributed by atoms with van der Waals surface area (Å²) in [7, 11) is -1.26. The standard InChI is InChI=1S/C13H20BrNO2S/c1-4-9-18(16,17)13-8-6-5-7-12(13)15(3)11(2)10-14/h5-8,11H,4,9-10H2,1-3H3. The first-order valence-corrected chi connectivity index (χ1v) is 8.82. The molecule has 0 saturated heterocycles. The molecule has 0 saturated carbocycles. The summed E-state index contributed by atoms with van der Waals surface area (Å²) in [6, 6.07) is 7.44. The van der Waals surface area contributed by atoms with Gasteiger partial charge in [0.05, 0.1) is 16.3 Å². The van der Waals surface area contributed by atoms with E-state index in [0.717, 1.165) is 11.0 Å². The maximum atomic E-state index is 12.2. The fourth-order valence-corrected chi connectivity index (χ4v) is 3.74. The van der Waals surface area contributed by atoms with Crippen LogP contribution in [-0.4, -0.2) is 32.6 Å². The van der Waals surface area contributed by atoms with Crippen LogP contribution in [0.5, 0.6) is 0 Å². The fourth-order valence-electron chi connectivity index (χ4n) is 1.73. The smallest absolute Gasteiger partial charge is 0.180 e. The molecule has 0 aliphatic heterocycles. The van der Waals surface area contributed by atoms with Gasteiger partial charge in [-0.25, -0.2) is 8.42 Å². The highest BCUT2D eigenvalue weighted by Crippen LogP contribution is 2.27. The lowest BCUT2D eigenvalue weighted by molar-refractivity contribution is 0.594. The summed E-state index contributed by atoms with van der Waals surface area (Å²) in [6.07, 6.45) is 0.633. The van der Waals surface area contributed by atoms with Gasteiger partial charge in [-0.1, -0.05) is 35.0 Å². The minimum absolute atomic E-state index is 0.195. The predicted molar refractivity (Wildman–Crippen MR) is 80.4 cm³/mol. The van der Waals surface area contributed by atoms with Crippen molar-refractivity contribution < 1.29 is 8.42 Å². The number of hydrogen-bond acceptors (Lipinski definition) is 3. The van der Waals surface area contributed by atoms with Gasteiger partial charge in [0, 0.05) is 18.4 Å². The normalized spacial score (nSPS) is 13.3. The van der Waals surface area contributed by atoms with E-state index < -0.39 is 9.84 Å². The number of sulfone groups is 1. The van der Waals surface area contributed by atoms with Crippen molar-refractivity contribution in [2.45, 2.75) is 31.2 Å². The Labute approximate surface area is 118 Å². The molecule has 0 aliphatic rings. The molecule has 0 aliphatic carbocycles. The van der Waals surface area contributed by atoms with Gasteiger partial charge in [-0.3, -0.25) is 0 Å². The molecule has 0 fully saturated rings. The Balaban J connectivity index is 3.23. The molecular weight excluding hydrogens is 314 g/mol. The van der Waals surface area contributed by atoms with E-state index in [0.29, 0.717) is 11.3 Å². The Morgan fingerprint density at radius 3 is 2.50 bits per heavy atom. The zero-order valence-electron chi connectivity index (χ0n) is 11.1. The molecule has 0 aromatic heterocycles. The van der Waals surface area contributed by atoms with Crippen molar-refractivity contribution in [2.24, 2.45) is 0 Å². The molecule has 1 unspecified atom stereocenters. The van der Waals surface area contributed by atoms with E-state index in [9.17, 15) is 8.42 Å². The van der Waals surface area contributed by atoms with E-state index >= 15 is 0 Å². The van der Waals surface area contributed by atoms with Crippen LogP contribution in [0.3, 0.4) is 0 Å². The number of rotatable bonds is 6. The molecule has 1 aromatic carbocycles. The topological polar surface area (TPSA) is 37.4 Å². The zero-order valence-corrected chi connectivity index (χ0v) is 13.5. The first kappa shape index (κ1) is 15.5. The van der Waals surface area contributed by atoms with Gasteiger partial charge < -0.3 is 4.90 Å². The molecule has 1 aromatic rings. The molecule has 0 bridgehead atoms. The Morgan fingerprint density at radius 2 is 1.94 bits per heavy atom. The van der Waals surface area contributed by atoms with Crippen molar-refractivity contribution in [1.29, 1.82) is 0 Å². The van der Waals surface area contributed by atoms with Crippen LogP contribution in [0.25, 0.3) is 0 Å². The Hall–Kier alpha value is -0.550. The van der Waals surface area contributed by atoms with E-state index in [2.05, 4.69) is 22.9 Å². The molecule has 3 nitrogen and oxygen atoms in total. The Morgan fingerprint density at radius 1 is 1.33 bits per heavy atom. The van der Waals surface area contributed by atoms with E-state index in [4.69, 9.17) is 0 Å². The van der Waals surface area contributed by atoms with E-state index in [-0.39, 0.29) is 11.8 Å². The van der Waals surface area contributed by atoms with Crippen LogP contribution >= 0.6 is 15.9 Å². The lowest BCUT2D eigenvalue weighted by atomic mass is 10.2. The van der Waals surface area contributed by atoms with Gasteiger partial charge >= 0.3 is 0 Å². The number of para-hydroxylation sites is 1. The molecule has 1 atom stereocenters. The van der Waals surface area contributed by atoms with Gasteiger partial charge in [-0.2, -0.15) is 0 Å². The van der Waals surface area contributed by atoms with Crippen LogP contribution in [0.4, 0.5) is 5.69 Å². The number of alkyl halides is 1. The summed E-state index contributed by atoms with van der Waals surface area (Å²) < 4.78 is 24.5. The van der Waals surface area contributed by atoms with Crippen LogP contribution in [0, 0.1) is 0 Å². The van der Waals surface area contributed by atoms with Crippen molar-refractivity contribution in [3.8, 4) is 0 Å². The molecule has 0 amide bonds. The van der Waals surface area contributed by atoms with E-state index in [1.165, 1.54) is 0 Å². The number of anilines is 1. The van der Waals surface area contributed by atoms with Crippen LogP contribution in [-0.2, 0) is 9.84 Å². The summed E-state index contributed by atoms with van der Waals surface area (Å²) in [4.78, 5) is 2.43. The van der Waals surface area contributed by atoms with Gasteiger partial charge in [0.25, 0.3) is 0 Å². The summed E-state index contributed by atoms with van der Waals surface area (Å²) in [5.74, 6) is 0.195. The fraction of sp³-hybridized carbons (Fsp3) is 0.538. The van der Waals surface area contributed by atoms with Crippen molar-refractivity contribution in [3.05, 3.63) is 24.3 Å². The minimum Gasteiger partial charge on any atom is -0.370 e. The second-order valence-corrected chi connectivity index (χ2v) is 7.13. The molecule has 0 radical (unpaired) electrons. The molecule has 0 heterocycles. The molecule has 102 valence electrons. The quantitative estimate of drug-likeness (QED) is 0.750. The maximum absolute atomic E-state index is 12.2. The van der Waals surface area contributed by atoms with Crippen LogP contribution in [0.15, 0.2) is 29.2 Å². The maximum Gasteiger partial charge on any atom is 0.180 e. The number of benzene rings is 1. The largest absolute Gasteiger partial charge is 0.370 e. The van der Waals surface area contributed by atoms with Crippen molar-refractivity contribution in [2.75, 3.05) is 23.0 Å². The van der Waals surface area contributed by atoms with Crippen molar-refractivity contribution in [3.63, 3.8) is 0 Å². The minimum atomic E-state index is -3.18. The summed E-state index contributed by atoms with van der Waals surface area (Å²) in [5.41, 5.74) is 0.776. The van der Waals surface area contributed by atoms with Crippen LogP contribution in [0.1, 0.15) is 20.3 Å². The zero-order chi connectivity index (χ0) is 13.8. The highest BCUT2D eigenvalue weighted by molar-refractivity contribution is 9.09. The van der Waals surface area contributed by atoms with Gasteiger partial charge in [0.1, 0.15) is 0 Å². The molecular formula is C13H20BrNO2S. The molecule has 0 spiro atoms. The molecule has 1 rings (SSSR count). The third kappa shape index (κ3) is 3.48. The average molecular weight is 334 g/mol. The summed E-state index contributed by atoms with van der Waals surface area (Å²) in [5, 5.41) is 0.797. The lowest BCUT2D eigenvalue weighted by Crippen LogP contribution is -2.31. The van der Waals surface area contributed by atoms with Crippen molar-refractivity contribution in [1.82, 2.24) is 0 Å². The highest BCUT2D eigenvalue weighted by atomic mass is 79.9. The van der Waals surface area contributed by atoms with Gasteiger partial charge in [-0.15, -0.1) is 0 Å². The Kier molecular flexibility index (Phi) is 5.66. The number of nitrogens with zero attached hydrogens (tertiary/aromatic N) is 1. The van der Waals surface area contributed by atoms with Crippen molar-refractivity contribution >= 4 is 31.5 Å². The predicted octanol–water partition coefficient (Wildman–Crippen LogP) is 3.09. The van der Waals surface area contributed by atoms with Crippen LogP contribution in [0.2, 0.25) is 0 Å². The summed E-state index contributed by atoms with van der Waals surface area (Å²) in [6.45, 7) is 3.93. The third-order valence-electron chi connectivity index (χ3n) is 2.94. The summed E-state index contributed by atoms with van der Waals surface area (Å²) >= 11 is 3.43. The van der Waals surface area contributed by atoms with E-state index in [1.807, 2.05) is 31.0 Å². The monoisotopic (exact) mass is 333 g/mol. The van der Waals surface area contributed by atoms with Gasteiger partial charge in [0.2, 0.25) is 0 Å². The highest BCUT2D eigenvalue weighted by Gasteiger charge is 2.21. The molecule has 5 heteroatoms. The molecule has 18 heavy (non-hydrogen) atoms. The third-order valence-corrected chi connectivity index (χ3v) is 5.84. The second kappa shape index (κ2) is 6.57. The van der Waals surface area contributed by atoms with Gasteiger partial charge in [-0.05, 0) is 25.5 Å². The van der Waals surface area contributed by atoms with Crippen LogP contribution < -0.4 is 4.90 Å². The first-order chi connectivity index (χ1) is 8.44. The number of hydrogen-bond donors (Lipinski definition) is 0. The number of halogens is 1. The second-order valence-electron chi connectivity index (χ2n) is 4.40. The first-order valence-electron chi connectivity index (χ1n) is 6.04.